The Bertz CT molecular complexity index is 1240. The number of fused-ring (bicyclic) bond motifs is 3. The van der Waals surface area contributed by atoms with Gasteiger partial charge < -0.3 is 9.47 Å². The summed E-state index contributed by atoms with van der Waals surface area (Å²) in [5.41, 5.74) is 3.17. The summed E-state index contributed by atoms with van der Waals surface area (Å²) in [4.78, 5) is 25.5. The highest BCUT2D eigenvalue weighted by atomic mass is 16.6. The Morgan fingerprint density at radius 1 is 1.06 bits per heavy atom. The van der Waals surface area contributed by atoms with Crippen molar-refractivity contribution in [1.82, 2.24) is 4.90 Å². The van der Waals surface area contributed by atoms with Gasteiger partial charge in [0.1, 0.15) is 18.2 Å². The van der Waals surface area contributed by atoms with Crippen LogP contribution in [0.2, 0.25) is 0 Å². The summed E-state index contributed by atoms with van der Waals surface area (Å²) in [6, 6.07) is 19.8. The van der Waals surface area contributed by atoms with Crippen LogP contribution in [-0.4, -0.2) is 22.3 Å². The summed E-state index contributed by atoms with van der Waals surface area (Å²) in [5, 5.41) is 10.9. The summed E-state index contributed by atoms with van der Waals surface area (Å²) >= 11 is 0. The van der Waals surface area contributed by atoms with Crippen molar-refractivity contribution in [1.29, 1.82) is 0 Å². The van der Waals surface area contributed by atoms with Gasteiger partial charge in [0.25, 0.3) is 5.69 Å². The van der Waals surface area contributed by atoms with Gasteiger partial charge in [-0.25, -0.2) is 0 Å². The molecule has 160 valence electrons. The maximum atomic E-state index is 12.9. The molecule has 32 heavy (non-hydrogen) atoms. The molecule has 2 heterocycles. The molecule has 3 aromatic rings. The summed E-state index contributed by atoms with van der Waals surface area (Å²) < 4.78 is 12.0. The van der Waals surface area contributed by atoms with E-state index in [2.05, 4.69) is 24.0 Å². The molecular formula is C25H20N2O5. The second-order valence-electron chi connectivity index (χ2n) is 7.81. The zero-order valence-electron chi connectivity index (χ0n) is 17.4. The first kappa shape index (κ1) is 20.0. The minimum atomic E-state index is -0.460. The van der Waals surface area contributed by atoms with Gasteiger partial charge >= 0.3 is 0 Å². The highest BCUT2D eigenvalue weighted by molar-refractivity contribution is 6.15. The van der Waals surface area contributed by atoms with E-state index in [1.54, 1.807) is 24.3 Å². The molecule has 0 N–H and O–H groups in total. The molecular weight excluding hydrogens is 408 g/mol. The molecule has 0 fully saturated rings. The molecule has 1 unspecified atom stereocenters. The number of carbonyl (C=O) groups is 1. The van der Waals surface area contributed by atoms with E-state index in [4.69, 9.17) is 9.47 Å². The molecule has 0 bridgehead atoms. The first-order chi connectivity index (χ1) is 15.5. The third-order valence-electron chi connectivity index (χ3n) is 5.88. The van der Waals surface area contributed by atoms with Gasteiger partial charge in [-0.15, -0.1) is 0 Å². The number of allylic oxidation sites excluding steroid dienone is 1. The number of carbonyl (C=O) groups excluding carboxylic acids is 1. The van der Waals surface area contributed by atoms with Crippen LogP contribution in [0, 0.1) is 10.1 Å². The van der Waals surface area contributed by atoms with Gasteiger partial charge in [-0.2, -0.15) is 0 Å². The lowest BCUT2D eigenvalue weighted by atomic mass is 10.0. The molecule has 7 nitrogen and oxygen atoms in total. The number of ether oxygens (including phenoxy) is 2. The van der Waals surface area contributed by atoms with Crippen LogP contribution in [0.3, 0.4) is 0 Å². The van der Waals surface area contributed by atoms with Crippen molar-refractivity contribution < 1.29 is 19.2 Å². The fourth-order valence-electron chi connectivity index (χ4n) is 4.01. The molecule has 1 atom stereocenters. The topological polar surface area (TPSA) is 81.9 Å². The second-order valence-corrected chi connectivity index (χ2v) is 7.81. The number of non-ortho nitro benzene ring substituents is 1. The first-order valence-electron chi connectivity index (χ1n) is 10.3. The molecule has 0 aromatic heterocycles. The van der Waals surface area contributed by atoms with Gasteiger partial charge in [0.2, 0.25) is 5.78 Å². The van der Waals surface area contributed by atoms with Crippen molar-refractivity contribution in [3.63, 3.8) is 0 Å². The maximum absolute atomic E-state index is 12.9. The summed E-state index contributed by atoms with van der Waals surface area (Å²) in [7, 11) is 0. The van der Waals surface area contributed by atoms with E-state index in [1.807, 2.05) is 24.3 Å². The quantitative estimate of drug-likeness (QED) is 0.326. The van der Waals surface area contributed by atoms with Gasteiger partial charge in [-0.1, -0.05) is 30.3 Å². The number of Topliss-reactive ketones (excluding diaryl/α,β-unsaturated/α-hetero) is 1. The Labute approximate surface area is 184 Å². The average molecular weight is 428 g/mol. The number of nitrogens with zero attached hydrogens (tertiary/aromatic N) is 2. The summed E-state index contributed by atoms with van der Waals surface area (Å²) in [6.45, 7) is 3.16. The van der Waals surface area contributed by atoms with Crippen LogP contribution < -0.4 is 9.47 Å². The number of rotatable bonds is 4. The van der Waals surface area contributed by atoms with Crippen molar-refractivity contribution in [3.05, 3.63) is 105 Å². The van der Waals surface area contributed by atoms with Gasteiger partial charge in [0.15, 0.2) is 5.76 Å². The first-order valence-corrected chi connectivity index (χ1v) is 10.3. The van der Waals surface area contributed by atoms with Gasteiger partial charge in [-0.3, -0.25) is 19.8 Å². The van der Waals surface area contributed by atoms with E-state index in [0.29, 0.717) is 35.9 Å². The molecule has 0 radical (unpaired) electrons. The molecule has 0 spiro atoms. The van der Waals surface area contributed by atoms with Crippen LogP contribution in [0.25, 0.3) is 6.08 Å². The third kappa shape index (κ3) is 3.52. The monoisotopic (exact) mass is 428 g/mol. The van der Waals surface area contributed by atoms with Crippen molar-refractivity contribution in [2.75, 3.05) is 6.73 Å². The van der Waals surface area contributed by atoms with Crippen LogP contribution in [-0.2, 0) is 6.54 Å². The fourth-order valence-corrected chi connectivity index (χ4v) is 4.01. The minimum absolute atomic E-state index is 0.00653. The molecule has 0 saturated carbocycles. The molecule has 2 aliphatic rings. The number of hydrogen-bond acceptors (Lipinski definition) is 6. The van der Waals surface area contributed by atoms with Crippen molar-refractivity contribution in [2.24, 2.45) is 0 Å². The van der Waals surface area contributed by atoms with Crippen LogP contribution >= 0.6 is 0 Å². The van der Waals surface area contributed by atoms with E-state index < -0.39 is 4.92 Å². The second kappa shape index (κ2) is 7.94. The standard InChI is InChI=1S/C25H20N2O5/c1-16(18-5-3-2-4-6-18)26-14-21-22(31-15-26)12-11-20-24(28)23(32-25(20)21)13-17-7-9-19(10-8-17)27(29)30/h2-13,16H,14-15H2,1H3/b23-13-. The lowest BCUT2D eigenvalue weighted by molar-refractivity contribution is -0.384. The average Bonchev–Trinajstić information content (AvgIpc) is 3.14. The Balaban J connectivity index is 1.43. The van der Waals surface area contributed by atoms with E-state index in [1.165, 1.54) is 17.7 Å². The van der Waals surface area contributed by atoms with Crippen LogP contribution in [0.1, 0.15) is 40.0 Å². The van der Waals surface area contributed by atoms with Crippen molar-refractivity contribution >= 4 is 17.5 Å². The molecule has 0 amide bonds. The highest BCUT2D eigenvalue weighted by Gasteiger charge is 2.34. The summed E-state index contributed by atoms with van der Waals surface area (Å²) in [5.74, 6) is 1.21. The maximum Gasteiger partial charge on any atom is 0.269 e. The van der Waals surface area contributed by atoms with E-state index >= 15 is 0 Å². The van der Waals surface area contributed by atoms with E-state index in [9.17, 15) is 14.9 Å². The van der Waals surface area contributed by atoms with Crippen LogP contribution in [0.15, 0.2) is 72.5 Å². The minimum Gasteiger partial charge on any atom is -0.478 e. The predicted molar refractivity (Wildman–Crippen MR) is 118 cm³/mol. The van der Waals surface area contributed by atoms with E-state index in [-0.39, 0.29) is 23.3 Å². The van der Waals surface area contributed by atoms with Crippen LogP contribution in [0.5, 0.6) is 11.5 Å². The molecule has 0 saturated heterocycles. The van der Waals surface area contributed by atoms with Gasteiger partial charge in [0, 0.05) is 24.7 Å². The Morgan fingerprint density at radius 3 is 2.53 bits per heavy atom. The number of nitro groups is 1. The Kier molecular flexibility index (Phi) is 4.95. The molecule has 2 aliphatic heterocycles. The zero-order chi connectivity index (χ0) is 22.2. The Hall–Kier alpha value is -3.97. The third-order valence-corrected chi connectivity index (χ3v) is 5.88. The normalized spacial score (nSPS) is 17.3. The molecule has 3 aromatic carbocycles. The van der Waals surface area contributed by atoms with Crippen molar-refractivity contribution in [2.45, 2.75) is 19.5 Å². The molecule has 7 heteroatoms. The lowest BCUT2D eigenvalue weighted by Crippen LogP contribution is -2.34. The van der Waals surface area contributed by atoms with Gasteiger partial charge in [-0.05, 0) is 48.4 Å². The van der Waals surface area contributed by atoms with Crippen molar-refractivity contribution in [3.8, 4) is 11.5 Å². The van der Waals surface area contributed by atoms with Gasteiger partial charge in [0.05, 0.1) is 16.1 Å². The summed E-state index contributed by atoms with van der Waals surface area (Å²) in [6.07, 6.45) is 1.60. The number of ketones is 1. The SMILES string of the molecule is CC(c1ccccc1)N1COc2ccc3c(c2C1)O/C(=C\c1ccc([N+](=O)[O-])cc1)C3=O. The molecule has 0 aliphatic carbocycles. The number of nitro benzene ring substituents is 1. The lowest BCUT2D eigenvalue weighted by Gasteiger charge is -2.34. The zero-order valence-corrected chi connectivity index (χ0v) is 17.4. The predicted octanol–water partition coefficient (Wildman–Crippen LogP) is 5.12. The smallest absolute Gasteiger partial charge is 0.269 e. The number of hydrogen-bond donors (Lipinski definition) is 0. The highest BCUT2D eigenvalue weighted by Crippen LogP contribution is 2.43. The molecule has 5 rings (SSSR count). The largest absolute Gasteiger partial charge is 0.478 e. The number of benzene rings is 3. The Morgan fingerprint density at radius 2 is 1.81 bits per heavy atom. The van der Waals surface area contributed by atoms with E-state index in [0.717, 1.165) is 5.56 Å². The van der Waals surface area contributed by atoms with Crippen LogP contribution in [0.4, 0.5) is 5.69 Å². The fraction of sp³-hybridized carbons (Fsp3) is 0.160.